The molecule has 0 N–H and O–H groups in total. The zero-order valence-corrected chi connectivity index (χ0v) is 19.6. The van der Waals surface area contributed by atoms with Gasteiger partial charge in [-0.05, 0) is 45.1 Å². The summed E-state index contributed by atoms with van der Waals surface area (Å²) in [7, 11) is -3.22. The molecule has 0 saturated carbocycles. The molecular formula is C23H40O2S2. The molecule has 1 aromatic carbocycles. The Balaban J connectivity index is 2.19. The van der Waals surface area contributed by atoms with Crippen LogP contribution < -0.4 is 0 Å². The first-order valence-electron chi connectivity index (χ1n) is 10.7. The largest absolute Gasteiger partial charge is 0.224 e. The van der Waals surface area contributed by atoms with Crippen LogP contribution in [0.5, 0.6) is 0 Å². The molecule has 0 saturated heterocycles. The van der Waals surface area contributed by atoms with Crippen LogP contribution in [-0.2, 0) is 9.84 Å². The number of unbranched alkanes of at least 4 members (excludes halogenated alkanes) is 9. The molecule has 0 spiro atoms. The van der Waals surface area contributed by atoms with Gasteiger partial charge in [0.1, 0.15) is 0 Å². The third-order valence-corrected chi connectivity index (χ3v) is 8.60. The summed E-state index contributed by atoms with van der Waals surface area (Å²) in [4.78, 5) is 0.445. The molecule has 156 valence electrons. The van der Waals surface area contributed by atoms with Crippen molar-refractivity contribution in [2.24, 2.45) is 0 Å². The molecule has 0 amide bonds. The van der Waals surface area contributed by atoms with Crippen molar-refractivity contribution in [1.82, 2.24) is 0 Å². The van der Waals surface area contributed by atoms with Crippen LogP contribution in [0.2, 0.25) is 0 Å². The highest BCUT2D eigenvalue weighted by atomic mass is 32.2. The van der Waals surface area contributed by atoms with Gasteiger partial charge in [-0.1, -0.05) is 82.4 Å². The van der Waals surface area contributed by atoms with Gasteiger partial charge in [-0.25, -0.2) is 8.42 Å². The van der Waals surface area contributed by atoms with Crippen molar-refractivity contribution in [2.75, 3.05) is 11.5 Å². The second kappa shape index (κ2) is 12.9. The van der Waals surface area contributed by atoms with Crippen molar-refractivity contribution < 1.29 is 8.42 Å². The van der Waals surface area contributed by atoms with Gasteiger partial charge in [0.15, 0.2) is 9.84 Å². The Morgan fingerprint density at radius 2 is 1.30 bits per heavy atom. The van der Waals surface area contributed by atoms with Crippen molar-refractivity contribution in [3.8, 4) is 0 Å². The lowest BCUT2D eigenvalue weighted by Gasteiger charge is -2.24. The van der Waals surface area contributed by atoms with Gasteiger partial charge in [-0.2, -0.15) is 11.8 Å². The van der Waals surface area contributed by atoms with Crippen molar-refractivity contribution in [3.63, 3.8) is 0 Å². The molecule has 0 fully saturated rings. The highest BCUT2D eigenvalue weighted by molar-refractivity contribution is 8.02. The predicted molar refractivity (Wildman–Crippen MR) is 122 cm³/mol. The highest BCUT2D eigenvalue weighted by Crippen LogP contribution is 2.29. The molecule has 0 heterocycles. The van der Waals surface area contributed by atoms with Gasteiger partial charge in [0.2, 0.25) is 0 Å². The lowest BCUT2D eigenvalue weighted by molar-refractivity contribution is 0.562. The smallest absolute Gasteiger partial charge is 0.179 e. The van der Waals surface area contributed by atoms with Crippen LogP contribution in [0.15, 0.2) is 29.2 Å². The van der Waals surface area contributed by atoms with Gasteiger partial charge < -0.3 is 0 Å². The van der Waals surface area contributed by atoms with E-state index in [2.05, 4.69) is 20.8 Å². The molecule has 4 heteroatoms. The van der Waals surface area contributed by atoms with Crippen LogP contribution in [0.1, 0.15) is 90.5 Å². The maximum Gasteiger partial charge on any atom is 0.179 e. The first kappa shape index (κ1) is 24.6. The number of rotatable bonds is 15. The van der Waals surface area contributed by atoms with E-state index < -0.39 is 9.84 Å². The predicted octanol–water partition coefficient (Wildman–Crippen LogP) is 7.20. The van der Waals surface area contributed by atoms with Crippen molar-refractivity contribution in [1.29, 1.82) is 0 Å². The summed E-state index contributed by atoms with van der Waals surface area (Å²) in [6.45, 7) is 8.35. The number of thioether (sulfide) groups is 1. The molecule has 0 radical (unpaired) electrons. The minimum atomic E-state index is -3.22. The minimum Gasteiger partial charge on any atom is -0.224 e. The Kier molecular flexibility index (Phi) is 11.7. The molecule has 0 aromatic heterocycles. The van der Waals surface area contributed by atoms with E-state index in [1.807, 2.05) is 19.1 Å². The van der Waals surface area contributed by atoms with Crippen LogP contribution in [0, 0.1) is 6.92 Å². The molecule has 0 unspecified atom stereocenters. The number of hydrogen-bond acceptors (Lipinski definition) is 3. The normalized spacial score (nSPS) is 12.4. The summed E-state index contributed by atoms with van der Waals surface area (Å²) in [6, 6.07) is 7.20. The Morgan fingerprint density at radius 1 is 0.815 bits per heavy atom. The standard InChI is InChI=1S/C23H40O2S2/c1-5-6-7-8-9-10-11-12-13-14-19-26-23(3,4)20-27(24,25)22-17-15-21(2)16-18-22/h15-18H,5-14,19-20H2,1-4H3. The summed E-state index contributed by atoms with van der Waals surface area (Å²) in [5.41, 5.74) is 1.09. The molecule has 1 rings (SSSR count). The molecule has 0 aliphatic carbocycles. The van der Waals surface area contributed by atoms with Gasteiger partial charge in [-0.3, -0.25) is 0 Å². The fourth-order valence-corrected chi connectivity index (χ4v) is 6.60. The van der Waals surface area contributed by atoms with Crippen molar-refractivity contribution in [3.05, 3.63) is 29.8 Å². The van der Waals surface area contributed by atoms with Crippen LogP contribution >= 0.6 is 11.8 Å². The van der Waals surface area contributed by atoms with Crippen LogP contribution in [-0.4, -0.2) is 24.7 Å². The Hall–Kier alpha value is -0.480. The Labute approximate surface area is 172 Å². The fourth-order valence-electron chi connectivity index (χ4n) is 3.27. The van der Waals surface area contributed by atoms with E-state index in [0.717, 1.165) is 11.3 Å². The third-order valence-electron chi connectivity index (χ3n) is 4.91. The molecule has 0 aliphatic rings. The third kappa shape index (κ3) is 11.2. The van der Waals surface area contributed by atoms with E-state index in [0.29, 0.717) is 4.90 Å². The highest BCUT2D eigenvalue weighted by Gasteiger charge is 2.27. The van der Waals surface area contributed by atoms with Gasteiger partial charge in [-0.15, -0.1) is 0 Å². The monoisotopic (exact) mass is 412 g/mol. The second-order valence-corrected chi connectivity index (χ2v) is 12.2. The fraction of sp³-hybridized carbons (Fsp3) is 0.739. The van der Waals surface area contributed by atoms with E-state index in [1.165, 1.54) is 64.2 Å². The molecule has 1 aromatic rings. The molecular weight excluding hydrogens is 372 g/mol. The average Bonchev–Trinajstić information content (AvgIpc) is 2.59. The molecule has 2 nitrogen and oxygen atoms in total. The zero-order chi connectivity index (χ0) is 20.2. The molecule has 0 aliphatic heterocycles. The van der Waals surface area contributed by atoms with Crippen LogP contribution in [0.25, 0.3) is 0 Å². The molecule has 27 heavy (non-hydrogen) atoms. The maximum absolute atomic E-state index is 12.6. The summed E-state index contributed by atoms with van der Waals surface area (Å²) in [6.07, 6.45) is 13.4. The summed E-state index contributed by atoms with van der Waals surface area (Å²) >= 11 is 1.80. The summed E-state index contributed by atoms with van der Waals surface area (Å²) < 4.78 is 25.0. The number of aryl methyl sites for hydroxylation is 1. The second-order valence-electron chi connectivity index (χ2n) is 8.36. The number of benzene rings is 1. The summed E-state index contributed by atoms with van der Waals surface area (Å²) in [5, 5.41) is 0. The van der Waals surface area contributed by atoms with E-state index in [1.54, 1.807) is 23.9 Å². The topological polar surface area (TPSA) is 34.1 Å². The van der Waals surface area contributed by atoms with Gasteiger partial charge in [0.25, 0.3) is 0 Å². The zero-order valence-electron chi connectivity index (χ0n) is 17.9. The SMILES string of the molecule is CCCCCCCCCCCCSC(C)(C)CS(=O)(=O)c1ccc(C)cc1. The first-order chi connectivity index (χ1) is 12.8. The van der Waals surface area contributed by atoms with E-state index in [-0.39, 0.29) is 10.5 Å². The van der Waals surface area contributed by atoms with Crippen molar-refractivity contribution in [2.45, 2.75) is 102 Å². The Bertz CT molecular complexity index is 604. The quantitative estimate of drug-likeness (QED) is 0.286. The minimum absolute atomic E-state index is 0.200. The van der Waals surface area contributed by atoms with Crippen LogP contribution in [0.4, 0.5) is 0 Å². The Morgan fingerprint density at radius 3 is 1.81 bits per heavy atom. The summed E-state index contributed by atoms with van der Waals surface area (Å²) in [5.74, 6) is 1.25. The molecule has 0 atom stereocenters. The lowest BCUT2D eigenvalue weighted by Crippen LogP contribution is -2.27. The van der Waals surface area contributed by atoms with Gasteiger partial charge in [0.05, 0.1) is 10.6 Å². The van der Waals surface area contributed by atoms with E-state index in [9.17, 15) is 8.42 Å². The van der Waals surface area contributed by atoms with Crippen molar-refractivity contribution >= 4 is 21.6 Å². The van der Waals surface area contributed by atoms with Gasteiger partial charge in [0, 0.05) is 4.75 Å². The van der Waals surface area contributed by atoms with Gasteiger partial charge >= 0.3 is 0 Å². The van der Waals surface area contributed by atoms with E-state index >= 15 is 0 Å². The van der Waals surface area contributed by atoms with Crippen LogP contribution in [0.3, 0.4) is 0 Å². The number of hydrogen-bond donors (Lipinski definition) is 0. The van der Waals surface area contributed by atoms with E-state index in [4.69, 9.17) is 0 Å². The maximum atomic E-state index is 12.6. The lowest BCUT2D eigenvalue weighted by atomic mass is 10.1. The number of sulfone groups is 1. The molecule has 0 bridgehead atoms. The average molecular weight is 413 g/mol. The first-order valence-corrected chi connectivity index (χ1v) is 13.3.